The summed E-state index contributed by atoms with van der Waals surface area (Å²) in [6, 6.07) is 13.4. The van der Waals surface area contributed by atoms with E-state index in [4.69, 9.17) is 9.47 Å². The number of ether oxygens (including phenoxy) is 3. The number of hydrogen-bond donors (Lipinski definition) is 1. The van der Waals surface area contributed by atoms with Crippen molar-refractivity contribution >= 4 is 23.3 Å². The van der Waals surface area contributed by atoms with E-state index in [1.807, 2.05) is 16.8 Å². The minimum absolute atomic E-state index is 0.104. The highest BCUT2D eigenvalue weighted by molar-refractivity contribution is 5.91. The van der Waals surface area contributed by atoms with E-state index in [0.29, 0.717) is 54.9 Å². The number of methoxy groups -OCH3 is 1. The number of fused-ring (bicyclic) bond motifs is 2. The largest absolute Gasteiger partial charge is 0.477 e. The van der Waals surface area contributed by atoms with Gasteiger partial charge < -0.3 is 29.1 Å². The molecule has 45 heavy (non-hydrogen) atoms. The van der Waals surface area contributed by atoms with E-state index in [2.05, 4.69) is 4.74 Å². The molecule has 2 aliphatic rings. The Balaban J connectivity index is 0.000000178. The smallest absolute Gasteiger partial charge is 0.343 e. The minimum atomic E-state index is -1.32. The van der Waals surface area contributed by atoms with Crippen LogP contribution in [0, 0.1) is 11.6 Å². The second-order valence-electron chi connectivity index (χ2n) is 10.1. The number of carbonyl (C=O) groups excluding carboxylic acids is 1. The SMILES string of the molecule is CN1CCOc2c1cc(C(=O)O)c(=O)n2-c1ccc(F)cc1.COC(=O)c1cc2c(n(-c3ccc(F)cc3)c1=O)OCCN2C. The molecule has 14 heteroatoms. The first-order chi connectivity index (χ1) is 21.5. The number of anilines is 2. The number of halogens is 2. The van der Waals surface area contributed by atoms with Crippen LogP contribution in [0.15, 0.2) is 70.3 Å². The summed E-state index contributed by atoms with van der Waals surface area (Å²) in [4.78, 5) is 52.1. The van der Waals surface area contributed by atoms with Gasteiger partial charge in [0.2, 0.25) is 11.8 Å². The average molecular weight is 623 g/mol. The molecule has 4 heterocycles. The molecule has 0 saturated carbocycles. The highest BCUT2D eigenvalue weighted by Crippen LogP contribution is 2.33. The predicted octanol–water partition coefficient (Wildman–Crippen LogP) is 3.10. The number of carbonyl (C=O) groups is 2. The molecule has 0 spiro atoms. The normalized spacial score (nSPS) is 13.4. The van der Waals surface area contributed by atoms with Crippen LogP contribution in [0.1, 0.15) is 20.7 Å². The minimum Gasteiger partial charge on any atom is -0.477 e. The molecule has 0 bridgehead atoms. The molecule has 0 saturated heterocycles. The molecular weight excluding hydrogens is 594 g/mol. The number of likely N-dealkylation sites (N-methyl/N-ethyl adjacent to an activating group) is 2. The summed E-state index contributed by atoms with van der Waals surface area (Å²) in [5, 5.41) is 9.24. The van der Waals surface area contributed by atoms with Crippen molar-refractivity contribution in [1.29, 1.82) is 0 Å². The van der Waals surface area contributed by atoms with Crippen LogP contribution in [0.4, 0.5) is 20.2 Å². The van der Waals surface area contributed by atoms with Gasteiger partial charge >= 0.3 is 11.9 Å². The lowest BCUT2D eigenvalue weighted by Crippen LogP contribution is -2.35. The van der Waals surface area contributed by atoms with Crippen LogP contribution in [0.2, 0.25) is 0 Å². The maximum atomic E-state index is 13.2. The quantitative estimate of drug-likeness (QED) is 0.339. The van der Waals surface area contributed by atoms with Crippen molar-refractivity contribution in [2.24, 2.45) is 0 Å². The Morgan fingerprint density at radius 1 is 0.733 bits per heavy atom. The van der Waals surface area contributed by atoms with Crippen LogP contribution in [-0.4, -0.2) is 73.7 Å². The van der Waals surface area contributed by atoms with E-state index >= 15 is 0 Å². The van der Waals surface area contributed by atoms with Crippen LogP contribution in [0.3, 0.4) is 0 Å². The summed E-state index contributed by atoms with van der Waals surface area (Å²) in [6.07, 6.45) is 0. The van der Waals surface area contributed by atoms with Gasteiger partial charge in [0.05, 0.1) is 42.9 Å². The monoisotopic (exact) mass is 622 g/mol. The summed E-state index contributed by atoms with van der Waals surface area (Å²) in [6.45, 7) is 1.97. The molecule has 2 aliphatic heterocycles. The Morgan fingerprint density at radius 2 is 1.13 bits per heavy atom. The molecular formula is C31H28F2N4O8. The lowest BCUT2D eigenvalue weighted by molar-refractivity contribution is 0.0597. The molecule has 0 atom stereocenters. The third kappa shape index (κ3) is 5.94. The lowest BCUT2D eigenvalue weighted by Gasteiger charge is -2.29. The average Bonchev–Trinajstić information content (AvgIpc) is 3.02. The van der Waals surface area contributed by atoms with E-state index < -0.39 is 34.7 Å². The number of aromatic carboxylic acids is 1. The van der Waals surface area contributed by atoms with E-state index in [9.17, 15) is 33.1 Å². The van der Waals surface area contributed by atoms with E-state index in [1.54, 1.807) is 7.05 Å². The highest BCUT2D eigenvalue weighted by Gasteiger charge is 2.27. The topological polar surface area (TPSA) is 133 Å². The molecule has 1 N–H and O–H groups in total. The van der Waals surface area contributed by atoms with Crippen LogP contribution in [0.5, 0.6) is 11.8 Å². The zero-order chi connectivity index (χ0) is 32.4. The molecule has 4 aromatic rings. The summed E-state index contributed by atoms with van der Waals surface area (Å²) in [5.41, 5.74) is 0.113. The number of pyridine rings is 2. The van der Waals surface area contributed by atoms with Gasteiger partial charge in [0.25, 0.3) is 11.1 Å². The predicted molar refractivity (Wildman–Crippen MR) is 160 cm³/mol. The van der Waals surface area contributed by atoms with Crippen molar-refractivity contribution in [1.82, 2.24) is 9.13 Å². The van der Waals surface area contributed by atoms with Crippen molar-refractivity contribution in [3.63, 3.8) is 0 Å². The number of benzene rings is 2. The van der Waals surface area contributed by atoms with Crippen LogP contribution in [-0.2, 0) is 4.74 Å². The summed E-state index contributed by atoms with van der Waals surface area (Å²) in [7, 11) is 4.83. The maximum Gasteiger partial charge on any atom is 0.343 e. The molecule has 0 radical (unpaired) electrons. The van der Waals surface area contributed by atoms with E-state index in [0.717, 1.165) is 4.57 Å². The van der Waals surface area contributed by atoms with Crippen LogP contribution >= 0.6 is 0 Å². The molecule has 0 aliphatic carbocycles. The van der Waals surface area contributed by atoms with Gasteiger partial charge in [-0.1, -0.05) is 0 Å². The fourth-order valence-corrected chi connectivity index (χ4v) is 4.86. The second-order valence-corrected chi connectivity index (χ2v) is 10.1. The zero-order valence-corrected chi connectivity index (χ0v) is 24.5. The molecule has 0 amide bonds. The Bertz CT molecular complexity index is 1890. The van der Waals surface area contributed by atoms with Crippen molar-refractivity contribution in [3.8, 4) is 23.1 Å². The maximum absolute atomic E-state index is 13.2. The first-order valence-electron chi connectivity index (χ1n) is 13.6. The fraction of sp³-hybridized carbons (Fsp3) is 0.226. The summed E-state index contributed by atoms with van der Waals surface area (Å²) >= 11 is 0. The number of carboxylic acids is 1. The van der Waals surface area contributed by atoms with Crippen molar-refractivity contribution < 1.29 is 37.7 Å². The molecule has 0 fully saturated rings. The second kappa shape index (κ2) is 12.5. The number of esters is 1. The first-order valence-corrected chi connectivity index (χ1v) is 13.6. The fourth-order valence-electron chi connectivity index (χ4n) is 4.86. The lowest BCUT2D eigenvalue weighted by atomic mass is 10.2. The number of aromatic nitrogens is 2. The molecule has 12 nitrogen and oxygen atoms in total. The van der Waals surface area contributed by atoms with Gasteiger partial charge in [0.1, 0.15) is 36.0 Å². The van der Waals surface area contributed by atoms with Gasteiger partial charge in [-0.15, -0.1) is 0 Å². The van der Waals surface area contributed by atoms with Gasteiger partial charge in [0.15, 0.2) is 0 Å². The Kier molecular flexibility index (Phi) is 8.57. The third-order valence-electron chi connectivity index (χ3n) is 7.23. The summed E-state index contributed by atoms with van der Waals surface area (Å²) < 4.78 is 44.6. The number of rotatable bonds is 4. The summed E-state index contributed by atoms with van der Waals surface area (Å²) in [5.74, 6) is -2.33. The third-order valence-corrected chi connectivity index (χ3v) is 7.23. The first kappa shape index (κ1) is 30.8. The number of hydrogen-bond acceptors (Lipinski definition) is 9. The van der Waals surface area contributed by atoms with Crippen molar-refractivity contribution in [2.45, 2.75) is 0 Å². The number of nitrogens with zero attached hydrogens (tertiary/aromatic N) is 4. The van der Waals surface area contributed by atoms with Crippen molar-refractivity contribution in [3.05, 3.63) is 104 Å². The van der Waals surface area contributed by atoms with Gasteiger partial charge in [-0.25, -0.2) is 27.5 Å². The van der Waals surface area contributed by atoms with Gasteiger partial charge in [0, 0.05) is 14.1 Å². The Labute approximate surface area is 254 Å². The highest BCUT2D eigenvalue weighted by atomic mass is 19.1. The van der Waals surface area contributed by atoms with Gasteiger partial charge in [-0.2, -0.15) is 0 Å². The van der Waals surface area contributed by atoms with Crippen LogP contribution < -0.4 is 30.4 Å². The van der Waals surface area contributed by atoms with Gasteiger partial charge in [-0.3, -0.25) is 9.59 Å². The van der Waals surface area contributed by atoms with Crippen LogP contribution in [0.25, 0.3) is 11.4 Å². The number of carboxylic acid groups (broad SMARTS) is 1. The Morgan fingerprint density at radius 3 is 1.53 bits per heavy atom. The molecule has 234 valence electrons. The molecule has 2 aromatic heterocycles. The van der Waals surface area contributed by atoms with Gasteiger partial charge in [-0.05, 0) is 60.7 Å². The molecule has 0 unspecified atom stereocenters. The van der Waals surface area contributed by atoms with E-state index in [-0.39, 0.29) is 17.0 Å². The Hall–Kier alpha value is -5.66. The molecule has 2 aromatic carbocycles. The van der Waals surface area contributed by atoms with Crippen molar-refractivity contribution in [2.75, 3.05) is 57.3 Å². The zero-order valence-electron chi connectivity index (χ0n) is 24.5. The van der Waals surface area contributed by atoms with E-state index in [1.165, 1.54) is 72.3 Å². The molecule has 6 rings (SSSR count). The standard InChI is InChI=1S/C16H15FN2O4.C15H13FN2O4/c1-18-7-8-23-15-13(18)9-12(16(21)22-2)14(20)19(15)11-5-3-10(17)4-6-11;1-17-6-7-22-14-12(17)8-11(15(20)21)13(19)18(14)10-4-2-9(16)3-5-10/h3-6,9H,7-8H2,1-2H3;2-5,8H,6-7H2,1H3,(H,20,21).